The van der Waals surface area contributed by atoms with Crippen LogP contribution in [0.4, 0.5) is 0 Å². The molecule has 0 heterocycles. The SMILES string of the molecule is CC(=O)NCCNC(=O)c1ccc(C)cc1Br. The molecule has 1 rings (SSSR count). The lowest BCUT2D eigenvalue weighted by Crippen LogP contribution is -2.33. The normalized spacial score (nSPS) is 9.82. The van der Waals surface area contributed by atoms with Gasteiger partial charge in [0.15, 0.2) is 0 Å². The lowest BCUT2D eigenvalue weighted by Gasteiger charge is -2.07. The van der Waals surface area contributed by atoms with Crippen molar-refractivity contribution >= 4 is 27.7 Å². The number of carbonyl (C=O) groups is 2. The van der Waals surface area contributed by atoms with Crippen molar-refractivity contribution in [3.8, 4) is 0 Å². The molecule has 2 N–H and O–H groups in total. The molecule has 92 valence electrons. The first-order valence-corrected chi connectivity index (χ1v) is 6.09. The van der Waals surface area contributed by atoms with E-state index >= 15 is 0 Å². The average molecular weight is 299 g/mol. The Bertz CT molecular complexity index is 433. The van der Waals surface area contributed by atoms with Crippen molar-refractivity contribution in [2.45, 2.75) is 13.8 Å². The van der Waals surface area contributed by atoms with Gasteiger partial charge >= 0.3 is 0 Å². The first kappa shape index (κ1) is 13.7. The van der Waals surface area contributed by atoms with E-state index in [4.69, 9.17) is 0 Å². The van der Waals surface area contributed by atoms with Gasteiger partial charge in [-0.3, -0.25) is 9.59 Å². The van der Waals surface area contributed by atoms with Crippen LogP contribution in [0.3, 0.4) is 0 Å². The van der Waals surface area contributed by atoms with Crippen LogP contribution in [0.2, 0.25) is 0 Å². The summed E-state index contributed by atoms with van der Waals surface area (Å²) in [5.41, 5.74) is 1.69. The van der Waals surface area contributed by atoms with Gasteiger partial charge in [-0.05, 0) is 40.5 Å². The maximum absolute atomic E-state index is 11.8. The topological polar surface area (TPSA) is 58.2 Å². The van der Waals surface area contributed by atoms with E-state index in [1.165, 1.54) is 6.92 Å². The number of benzene rings is 1. The fourth-order valence-electron chi connectivity index (χ4n) is 1.31. The average Bonchev–Trinajstić information content (AvgIpc) is 2.23. The highest BCUT2D eigenvalue weighted by molar-refractivity contribution is 9.10. The highest BCUT2D eigenvalue weighted by Crippen LogP contribution is 2.17. The molecule has 0 atom stereocenters. The van der Waals surface area contributed by atoms with Gasteiger partial charge in [0.25, 0.3) is 5.91 Å². The molecule has 0 bridgehead atoms. The molecule has 0 aromatic heterocycles. The number of rotatable bonds is 4. The number of hydrogen-bond acceptors (Lipinski definition) is 2. The number of aryl methyl sites for hydroxylation is 1. The van der Waals surface area contributed by atoms with E-state index in [2.05, 4.69) is 26.6 Å². The molecule has 0 spiro atoms. The van der Waals surface area contributed by atoms with E-state index in [9.17, 15) is 9.59 Å². The lowest BCUT2D eigenvalue weighted by atomic mass is 10.1. The van der Waals surface area contributed by atoms with Gasteiger partial charge in [-0.1, -0.05) is 6.07 Å². The van der Waals surface area contributed by atoms with Gasteiger partial charge in [-0.15, -0.1) is 0 Å². The molecular weight excluding hydrogens is 284 g/mol. The summed E-state index contributed by atoms with van der Waals surface area (Å²) in [5.74, 6) is -0.252. The van der Waals surface area contributed by atoms with Gasteiger partial charge in [0.1, 0.15) is 0 Å². The monoisotopic (exact) mass is 298 g/mol. The molecule has 5 heteroatoms. The zero-order chi connectivity index (χ0) is 12.8. The summed E-state index contributed by atoms with van der Waals surface area (Å²) in [5, 5.41) is 5.34. The second-order valence-electron chi connectivity index (χ2n) is 3.72. The number of halogens is 1. The van der Waals surface area contributed by atoms with Gasteiger partial charge in [0.05, 0.1) is 5.56 Å². The van der Waals surface area contributed by atoms with Crippen LogP contribution in [-0.2, 0) is 4.79 Å². The van der Waals surface area contributed by atoms with E-state index in [1.807, 2.05) is 19.1 Å². The molecule has 0 saturated heterocycles. The highest BCUT2D eigenvalue weighted by atomic mass is 79.9. The Balaban J connectivity index is 2.50. The van der Waals surface area contributed by atoms with E-state index < -0.39 is 0 Å². The van der Waals surface area contributed by atoms with Crippen molar-refractivity contribution in [2.24, 2.45) is 0 Å². The summed E-state index contributed by atoms with van der Waals surface area (Å²) in [6.45, 7) is 4.25. The quantitative estimate of drug-likeness (QED) is 0.830. The Labute approximate surface area is 109 Å². The molecular formula is C12H15BrN2O2. The predicted molar refractivity (Wildman–Crippen MR) is 69.9 cm³/mol. The minimum atomic E-state index is -0.151. The molecule has 0 saturated carbocycles. The highest BCUT2D eigenvalue weighted by Gasteiger charge is 2.08. The van der Waals surface area contributed by atoms with Gasteiger partial charge in [-0.2, -0.15) is 0 Å². The second kappa shape index (κ2) is 6.39. The minimum absolute atomic E-state index is 0.101. The predicted octanol–water partition coefficient (Wildman–Crippen LogP) is 1.62. The van der Waals surface area contributed by atoms with Crippen LogP contribution in [0, 0.1) is 6.92 Å². The van der Waals surface area contributed by atoms with E-state index in [0.717, 1.165) is 10.0 Å². The first-order valence-electron chi connectivity index (χ1n) is 5.29. The first-order chi connectivity index (χ1) is 8.00. The van der Waals surface area contributed by atoms with Gasteiger partial charge in [-0.25, -0.2) is 0 Å². The van der Waals surface area contributed by atoms with Crippen LogP contribution in [0.5, 0.6) is 0 Å². The van der Waals surface area contributed by atoms with Gasteiger partial charge in [0, 0.05) is 24.5 Å². The summed E-state index contributed by atoms with van der Waals surface area (Å²) in [7, 11) is 0. The molecule has 1 aromatic carbocycles. The molecule has 0 radical (unpaired) electrons. The number of hydrogen-bond donors (Lipinski definition) is 2. The molecule has 0 unspecified atom stereocenters. The van der Waals surface area contributed by atoms with Crippen LogP contribution in [0.25, 0.3) is 0 Å². The maximum atomic E-state index is 11.8. The summed E-state index contributed by atoms with van der Waals surface area (Å²) < 4.78 is 0.773. The molecule has 0 aliphatic heterocycles. The largest absolute Gasteiger partial charge is 0.355 e. The Morgan fingerprint density at radius 1 is 1.24 bits per heavy atom. The zero-order valence-electron chi connectivity index (χ0n) is 9.84. The Morgan fingerprint density at radius 3 is 2.47 bits per heavy atom. The zero-order valence-corrected chi connectivity index (χ0v) is 11.4. The molecule has 0 aliphatic rings. The minimum Gasteiger partial charge on any atom is -0.355 e. The third kappa shape index (κ3) is 4.56. The Kier molecular flexibility index (Phi) is 5.15. The van der Waals surface area contributed by atoms with Crippen LogP contribution in [-0.4, -0.2) is 24.9 Å². The van der Waals surface area contributed by atoms with Crippen molar-refractivity contribution in [3.63, 3.8) is 0 Å². The molecule has 1 aromatic rings. The third-order valence-corrected chi connectivity index (χ3v) is 2.81. The maximum Gasteiger partial charge on any atom is 0.252 e. The molecule has 17 heavy (non-hydrogen) atoms. The van der Waals surface area contributed by atoms with E-state index in [1.54, 1.807) is 6.07 Å². The Morgan fingerprint density at radius 2 is 1.88 bits per heavy atom. The lowest BCUT2D eigenvalue weighted by molar-refractivity contribution is -0.118. The number of amides is 2. The molecule has 0 fully saturated rings. The fraction of sp³-hybridized carbons (Fsp3) is 0.333. The van der Waals surface area contributed by atoms with Crippen molar-refractivity contribution in [3.05, 3.63) is 33.8 Å². The van der Waals surface area contributed by atoms with Gasteiger partial charge < -0.3 is 10.6 Å². The second-order valence-corrected chi connectivity index (χ2v) is 4.58. The van der Waals surface area contributed by atoms with E-state index in [0.29, 0.717) is 18.7 Å². The van der Waals surface area contributed by atoms with Crippen molar-refractivity contribution in [1.82, 2.24) is 10.6 Å². The number of nitrogens with one attached hydrogen (secondary N) is 2. The van der Waals surface area contributed by atoms with Crippen LogP contribution in [0.15, 0.2) is 22.7 Å². The molecule has 0 aliphatic carbocycles. The standard InChI is InChI=1S/C12H15BrN2O2/c1-8-3-4-10(11(13)7-8)12(17)15-6-5-14-9(2)16/h3-4,7H,5-6H2,1-2H3,(H,14,16)(H,15,17). The molecule has 4 nitrogen and oxygen atoms in total. The van der Waals surface area contributed by atoms with Crippen LogP contribution >= 0.6 is 15.9 Å². The van der Waals surface area contributed by atoms with Gasteiger partial charge in [0.2, 0.25) is 5.91 Å². The molecule has 2 amide bonds. The Hall–Kier alpha value is -1.36. The van der Waals surface area contributed by atoms with Crippen LogP contribution < -0.4 is 10.6 Å². The summed E-state index contributed by atoms with van der Waals surface area (Å²) in [6.07, 6.45) is 0. The summed E-state index contributed by atoms with van der Waals surface area (Å²) >= 11 is 3.35. The fourth-order valence-corrected chi connectivity index (χ4v) is 1.99. The van der Waals surface area contributed by atoms with Crippen molar-refractivity contribution in [2.75, 3.05) is 13.1 Å². The van der Waals surface area contributed by atoms with Crippen molar-refractivity contribution < 1.29 is 9.59 Å². The number of carbonyl (C=O) groups excluding carboxylic acids is 2. The van der Waals surface area contributed by atoms with Crippen LogP contribution in [0.1, 0.15) is 22.8 Å². The smallest absolute Gasteiger partial charge is 0.252 e. The summed E-state index contributed by atoms with van der Waals surface area (Å²) in [6, 6.07) is 5.55. The summed E-state index contributed by atoms with van der Waals surface area (Å²) in [4.78, 5) is 22.4. The van der Waals surface area contributed by atoms with Crippen molar-refractivity contribution in [1.29, 1.82) is 0 Å². The third-order valence-electron chi connectivity index (χ3n) is 2.15. The van der Waals surface area contributed by atoms with E-state index in [-0.39, 0.29) is 11.8 Å².